The van der Waals surface area contributed by atoms with Crippen molar-refractivity contribution in [2.24, 2.45) is 5.10 Å². The lowest BCUT2D eigenvalue weighted by Crippen LogP contribution is -2.16. The molecule has 0 amide bonds. The normalized spacial score (nSPS) is 10.7. The zero-order chi connectivity index (χ0) is 23.0. The van der Waals surface area contributed by atoms with E-state index in [-0.39, 0.29) is 11.5 Å². The monoisotopic (exact) mass is 435 g/mol. The van der Waals surface area contributed by atoms with Gasteiger partial charge in [0.15, 0.2) is 0 Å². The number of benzene rings is 3. The molecule has 3 aromatic carbocycles. The van der Waals surface area contributed by atoms with Crippen LogP contribution < -0.4 is 15.7 Å². The number of aromatic amines is 1. The van der Waals surface area contributed by atoms with Gasteiger partial charge in [-0.3, -0.25) is 9.78 Å². The Balaban J connectivity index is 1.42. The lowest BCUT2D eigenvalue weighted by Gasteiger charge is -2.07. The van der Waals surface area contributed by atoms with Crippen molar-refractivity contribution in [3.63, 3.8) is 0 Å². The molecule has 0 fully saturated rings. The fraction of sp³-hybridized carbons (Fsp3) is 0.0769. The highest BCUT2D eigenvalue weighted by Gasteiger charge is 2.12. The van der Waals surface area contributed by atoms with Crippen LogP contribution in [0.5, 0.6) is 5.75 Å². The Hall–Kier alpha value is -4.70. The van der Waals surface area contributed by atoms with Crippen LogP contribution in [0.2, 0.25) is 0 Å². The van der Waals surface area contributed by atoms with E-state index in [1.807, 2.05) is 60.7 Å². The maximum Gasteiger partial charge on any atom is 0.270 e. The second-order valence-corrected chi connectivity index (χ2v) is 7.33. The number of nitriles is 1. The molecule has 0 aliphatic heterocycles. The van der Waals surface area contributed by atoms with Gasteiger partial charge in [-0.2, -0.15) is 10.4 Å². The number of hydrogen-bond acceptors (Lipinski definition) is 6. The molecule has 1 heterocycles. The van der Waals surface area contributed by atoms with Gasteiger partial charge in [-0.15, -0.1) is 0 Å². The van der Waals surface area contributed by atoms with E-state index in [0.717, 1.165) is 16.9 Å². The summed E-state index contributed by atoms with van der Waals surface area (Å²) in [7, 11) is 0. The van der Waals surface area contributed by atoms with Gasteiger partial charge in [0, 0.05) is 5.56 Å². The first-order chi connectivity index (χ1) is 16.1. The Kier molecular flexibility index (Phi) is 6.57. The van der Waals surface area contributed by atoms with E-state index in [1.54, 1.807) is 18.3 Å². The van der Waals surface area contributed by atoms with Crippen LogP contribution in [0.3, 0.4) is 0 Å². The zero-order valence-electron chi connectivity index (χ0n) is 17.9. The van der Waals surface area contributed by atoms with E-state index < -0.39 is 5.56 Å². The van der Waals surface area contributed by atoms with Crippen LogP contribution in [-0.4, -0.2) is 16.2 Å². The Morgan fingerprint density at radius 1 is 1.06 bits per heavy atom. The summed E-state index contributed by atoms with van der Waals surface area (Å²) < 4.78 is 5.81. The molecule has 0 unspecified atom stereocenters. The van der Waals surface area contributed by atoms with Gasteiger partial charge in [0.05, 0.1) is 11.9 Å². The van der Waals surface area contributed by atoms with Gasteiger partial charge >= 0.3 is 0 Å². The van der Waals surface area contributed by atoms with E-state index >= 15 is 0 Å². The summed E-state index contributed by atoms with van der Waals surface area (Å²) in [6.07, 6.45) is 1.60. The number of ether oxygens (including phenoxy) is 1. The number of anilines is 1. The first-order valence-corrected chi connectivity index (χ1v) is 10.3. The van der Waals surface area contributed by atoms with Crippen LogP contribution in [0.15, 0.2) is 88.8 Å². The molecule has 0 saturated heterocycles. The summed E-state index contributed by atoms with van der Waals surface area (Å²) >= 11 is 0. The predicted octanol–water partition coefficient (Wildman–Crippen LogP) is 4.64. The standard InChI is InChI=1S/C26H21N5O2/c1-18-7-9-20(10-8-18)17-33-22-13-11-19(12-14-22)16-28-31-26-29-24(21-5-3-2-4-6-21)23(15-27)25(32)30-26/h2-14,16H,17H2,1H3,(H2,29,30,31,32). The number of hydrogen-bond donors (Lipinski definition) is 2. The molecule has 4 rings (SSSR count). The molecule has 0 bridgehead atoms. The van der Waals surface area contributed by atoms with E-state index in [9.17, 15) is 10.1 Å². The molecule has 0 atom stereocenters. The molecule has 7 nitrogen and oxygen atoms in total. The van der Waals surface area contributed by atoms with Crippen LogP contribution >= 0.6 is 0 Å². The minimum atomic E-state index is -0.529. The Morgan fingerprint density at radius 3 is 2.48 bits per heavy atom. The maximum absolute atomic E-state index is 12.3. The van der Waals surface area contributed by atoms with Crippen molar-refractivity contribution in [3.8, 4) is 23.1 Å². The molecule has 0 spiro atoms. The minimum absolute atomic E-state index is 0.0445. The van der Waals surface area contributed by atoms with Crippen molar-refractivity contribution >= 4 is 12.2 Å². The first-order valence-electron chi connectivity index (χ1n) is 10.3. The molecule has 0 aliphatic carbocycles. The lowest BCUT2D eigenvalue weighted by molar-refractivity contribution is 0.306. The number of rotatable bonds is 7. The third-order valence-corrected chi connectivity index (χ3v) is 4.87. The predicted molar refractivity (Wildman–Crippen MR) is 128 cm³/mol. The van der Waals surface area contributed by atoms with Crippen LogP contribution in [0, 0.1) is 18.3 Å². The van der Waals surface area contributed by atoms with Crippen LogP contribution in [0.4, 0.5) is 5.95 Å². The van der Waals surface area contributed by atoms with E-state index in [0.29, 0.717) is 17.9 Å². The minimum Gasteiger partial charge on any atom is -0.489 e. The number of H-pyrrole nitrogens is 1. The zero-order valence-corrected chi connectivity index (χ0v) is 17.9. The van der Waals surface area contributed by atoms with Gasteiger partial charge in [0.25, 0.3) is 5.56 Å². The van der Waals surface area contributed by atoms with E-state index in [4.69, 9.17) is 4.74 Å². The molecule has 2 N–H and O–H groups in total. The Morgan fingerprint density at radius 2 is 1.79 bits per heavy atom. The second-order valence-electron chi connectivity index (χ2n) is 7.33. The Bertz CT molecular complexity index is 1350. The molecule has 33 heavy (non-hydrogen) atoms. The average molecular weight is 435 g/mol. The first kappa shape index (κ1) is 21.5. The molecular weight excluding hydrogens is 414 g/mol. The summed E-state index contributed by atoms with van der Waals surface area (Å²) in [5.41, 5.74) is 6.28. The largest absolute Gasteiger partial charge is 0.489 e. The fourth-order valence-corrected chi connectivity index (χ4v) is 3.10. The molecule has 0 radical (unpaired) electrons. The summed E-state index contributed by atoms with van der Waals surface area (Å²) in [6, 6.07) is 26.7. The van der Waals surface area contributed by atoms with Gasteiger partial charge in [-0.1, -0.05) is 60.2 Å². The van der Waals surface area contributed by atoms with Crippen LogP contribution in [0.25, 0.3) is 11.3 Å². The average Bonchev–Trinajstić information content (AvgIpc) is 2.85. The summed E-state index contributed by atoms with van der Waals surface area (Å²) in [5, 5.41) is 13.5. The molecule has 0 aliphatic rings. The highest BCUT2D eigenvalue weighted by molar-refractivity contribution is 5.80. The van der Waals surface area contributed by atoms with Gasteiger partial charge < -0.3 is 4.74 Å². The third-order valence-electron chi connectivity index (χ3n) is 4.87. The summed E-state index contributed by atoms with van der Waals surface area (Å²) in [6.45, 7) is 2.55. The van der Waals surface area contributed by atoms with Crippen molar-refractivity contribution in [1.82, 2.24) is 9.97 Å². The highest BCUT2D eigenvalue weighted by Crippen LogP contribution is 2.19. The van der Waals surface area contributed by atoms with E-state index in [1.165, 1.54) is 5.56 Å². The van der Waals surface area contributed by atoms with Crippen molar-refractivity contribution < 1.29 is 4.74 Å². The molecule has 162 valence electrons. The summed E-state index contributed by atoms with van der Waals surface area (Å²) in [4.78, 5) is 19.2. The van der Waals surface area contributed by atoms with E-state index in [2.05, 4.69) is 39.6 Å². The SMILES string of the molecule is Cc1ccc(COc2ccc(C=NNc3nc(-c4ccccc4)c(C#N)c(=O)[nH]3)cc2)cc1. The number of aromatic nitrogens is 2. The number of hydrazone groups is 1. The van der Waals surface area contributed by atoms with Crippen molar-refractivity contribution in [1.29, 1.82) is 5.26 Å². The van der Waals surface area contributed by atoms with Crippen molar-refractivity contribution in [2.75, 3.05) is 5.43 Å². The van der Waals surface area contributed by atoms with Crippen molar-refractivity contribution in [2.45, 2.75) is 13.5 Å². The van der Waals surface area contributed by atoms with Gasteiger partial charge in [0.2, 0.25) is 5.95 Å². The molecule has 7 heteroatoms. The maximum atomic E-state index is 12.3. The summed E-state index contributed by atoms with van der Waals surface area (Å²) in [5.74, 6) is 0.901. The molecule has 1 aromatic heterocycles. The quantitative estimate of drug-likeness (QED) is 0.325. The van der Waals surface area contributed by atoms with Gasteiger partial charge in [-0.05, 0) is 42.3 Å². The number of nitrogens with one attached hydrogen (secondary N) is 2. The topological polar surface area (TPSA) is 103 Å². The molecule has 4 aromatic rings. The van der Waals surface area contributed by atoms with Gasteiger partial charge in [0.1, 0.15) is 24.0 Å². The van der Waals surface area contributed by atoms with Gasteiger partial charge in [-0.25, -0.2) is 10.4 Å². The number of aryl methyl sites for hydroxylation is 1. The van der Waals surface area contributed by atoms with Crippen molar-refractivity contribution in [3.05, 3.63) is 111 Å². The molecule has 0 saturated carbocycles. The lowest BCUT2D eigenvalue weighted by atomic mass is 10.1. The van der Waals surface area contributed by atoms with Crippen LogP contribution in [0.1, 0.15) is 22.3 Å². The number of nitrogens with zero attached hydrogens (tertiary/aromatic N) is 3. The Labute approximate surface area is 191 Å². The fourth-order valence-electron chi connectivity index (χ4n) is 3.10. The molecular formula is C26H21N5O2. The van der Waals surface area contributed by atoms with Crippen LogP contribution in [-0.2, 0) is 6.61 Å². The smallest absolute Gasteiger partial charge is 0.270 e. The third kappa shape index (κ3) is 5.51. The highest BCUT2D eigenvalue weighted by atomic mass is 16.5. The second kappa shape index (κ2) is 10.1.